The van der Waals surface area contributed by atoms with Crippen LogP contribution in [0.3, 0.4) is 0 Å². The summed E-state index contributed by atoms with van der Waals surface area (Å²) in [5.74, 6) is -1.62. The average molecular weight is 352 g/mol. The lowest BCUT2D eigenvalue weighted by atomic mass is 10.1. The van der Waals surface area contributed by atoms with Gasteiger partial charge in [-0.15, -0.1) is 0 Å². The molecule has 0 aromatic heterocycles. The summed E-state index contributed by atoms with van der Waals surface area (Å²) in [5.41, 5.74) is 2.25. The molecule has 1 aliphatic rings. The third-order valence-corrected chi connectivity index (χ3v) is 4.32. The summed E-state index contributed by atoms with van der Waals surface area (Å²) >= 11 is 0. The minimum absolute atomic E-state index is 0.0118. The summed E-state index contributed by atoms with van der Waals surface area (Å²) in [6, 6.07) is 13.8. The second-order valence-corrected chi connectivity index (χ2v) is 6.41. The molecule has 2 aromatic carbocycles. The summed E-state index contributed by atoms with van der Waals surface area (Å²) in [6.07, 6.45) is 1.64. The molecule has 1 aliphatic carbocycles. The van der Waals surface area contributed by atoms with E-state index < -0.39 is 5.97 Å². The van der Waals surface area contributed by atoms with Gasteiger partial charge in [0.05, 0.1) is 0 Å². The average Bonchev–Trinajstić information content (AvgIpc) is 3.46. The van der Waals surface area contributed by atoms with Gasteiger partial charge in [0.25, 0.3) is 11.8 Å². The number of carboxylic acid groups (broad SMARTS) is 1. The second kappa shape index (κ2) is 7.39. The summed E-state index contributed by atoms with van der Waals surface area (Å²) in [5, 5.41) is 11.9. The van der Waals surface area contributed by atoms with Crippen LogP contribution in [0.2, 0.25) is 0 Å². The minimum atomic E-state index is -1.03. The van der Waals surface area contributed by atoms with Crippen molar-refractivity contribution in [3.63, 3.8) is 0 Å². The predicted molar refractivity (Wildman–Crippen MR) is 97.3 cm³/mol. The van der Waals surface area contributed by atoms with Gasteiger partial charge < -0.3 is 15.3 Å². The lowest BCUT2D eigenvalue weighted by molar-refractivity contribution is -0.137. The van der Waals surface area contributed by atoms with E-state index in [0.717, 1.165) is 18.4 Å². The van der Waals surface area contributed by atoms with Gasteiger partial charge in [-0.2, -0.15) is 0 Å². The van der Waals surface area contributed by atoms with Crippen molar-refractivity contribution in [1.29, 1.82) is 0 Å². The smallest absolute Gasteiger partial charge is 0.323 e. The molecule has 6 heteroatoms. The Morgan fingerprint density at radius 1 is 1.08 bits per heavy atom. The Kier molecular flexibility index (Phi) is 5.02. The van der Waals surface area contributed by atoms with Crippen molar-refractivity contribution in [3.05, 3.63) is 65.2 Å². The molecule has 0 spiro atoms. The van der Waals surface area contributed by atoms with Crippen molar-refractivity contribution >= 4 is 23.5 Å². The van der Waals surface area contributed by atoms with Crippen molar-refractivity contribution in [2.75, 3.05) is 11.9 Å². The molecule has 0 unspecified atom stereocenters. The number of amides is 2. The summed E-state index contributed by atoms with van der Waals surface area (Å²) in [4.78, 5) is 37.5. The quantitative estimate of drug-likeness (QED) is 0.837. The van der Waals surface area contributed by atoms with Crippen molar-refractivity contribution in [3.8, 4) is 0 Å². The Hall–Kier alpha value is -3.15. The number of aliphatic carboxylic acids is 1. The molecule has 0 bridgehead atoms. The fraction of sp³-hybridized carbons (Fsp3) is 0.250. The first-order valence-corrected chi connectivity index (χ1v) is 8.45. The van der Waals surface area contributed by atoms with Crippen LogP contribution in [0.25, 0.3) is 0 Å². The molecule has 3 rings (SSSR count). The van der Waals surface area contributed by atoms with Gasteiger partial charge in [0.15, 0.2) is 0 Å². The zero-order chi connectivity index (χ0) is 18.7. The van der Waals surface area contributed by atoms with Crippen LogP contribution in [-0.2, 0) is 4.79 Å². The first kappa shape index (κ1) is 17.7. The predicted octanol–water partition coefficient (Wildman–Crippen LogP) is 2.94. The number of hydrogen-bond acceptors (Lipinski definition) is 3. The highest BCUT2D eigenvalue weighted by molar-refractivity contribution is 6.05. The van der Waals surface area contributed by atoms with Gasteiger partial charge in [0.1, 0.15) is 6.54 Å². The number of aryl methyl sites for hydroxylation is 1. The highest BCUT2D eigenvalue weighted by atomic mass is 16.4. The Morgan fingerprint density at radius 3 is 2.38 bits per heavy atom. The molecule has 2 aromatic rings. The Balaban J connectivity index is 1.81. The number of anilines is 1. The lowest BCUT2D eigenvalue weighted by Crippen LogP contribution is -2.37. The number of nitrogens with zero attached hydrogens (tertiary/aromatic N) is 1. The van der Waals surface area contributed by atoms with Crippen LogP contribution < -0.4 is 5.32 Å². The molecule has 0 saturated heterocycles. The topological polar surface area (TPSA) is 86.7 Å². The highest BCUT2D eigenvalue weighted by Gasteiger charge is 2.34. The summed E-state index contributed by atoms with van der Waals surface area (Å²) < 4.78 is 0. The molecule has 6 nitrogen and oxygen atoms in total. The maximum absolute atomic E-state index is 12.7. The molecule has 1 fully saturated rings. The van der Waals surface area contributed by atoms with E-state index in [-0.39, 0.29) is 24.4 Å². The number of carbonyl (C=O) groups is 3. The monoisotopic (exact) mass is 352 g/mol. The van der Waals surface area contributed by atoms with E-state index >= 15 is 0 Å². The number of benzene rings is 2. The van der Waals surface area contributed by atoms with Crippen LogP contribution in [0, 0.1) is 6.92 Å². The zero-order valence-corrected chi connectivity index (χ0v) is 14.4. The van der Waals surface area contributed by atoms with Gasteiger partial charge in [-0.25, -0.2) is 0 Å². The van der Waals surface area contributed by atoms with Crippen LogP contribution in [0.4, 0.5) is 5.69 Å². The second-order valence-electron chi connectivity index (χ2n) is 6.41. The Morgan fingerprint density at radius 2 is 1.77 bits per heavy atom. The highest BCUT2D eigenvalue weighted by Crippen LogP contribution is 2.29. The van der Waals surface area contributed by atoms with E-state index in [1.165, 1.54) is 4.90 Å². The molecule has 134 valence electrons. The van der Waals surface area contributed by atoms with Crippen LogP contribution in [0.5, 0.6) is 0 Å². The zero-order valence-electron chi connectivity index (χ0n) is 14.4. The third-order valence-electron chi connectivity index (χ3n) is 4.32. The molecule has 1 saturated carbocycles. The van der Waals surface area contributed by atoms with Gasteiger partial charge in [0.2, 0.25) is 0 Å². The molecule has 2 N–H and O–H groups in total. The number of rotatable bonds is 6. The van der Waals surface area contributed by atoms with E-state index in [4.69, 9.17) is 5.11 Å². The van der Waals surface area contributed by atoms with Crippen molar-refractivity contribution in [2.45, 2.75) is 25.8 Å². The van der Waals surface area contributed by atoms with Gasteiger partial charge in [0, 0.05) is 22.9 Å². The molecule has 0 radical (unpaired) electrons. The van der Waals surface area contributed by atoms with Crippen LogP contribution in [0.15, 0.2) is 48.5 Å². The fourth-order valence-electron chi connectivity index (χ4n) is 2.74. The van der Waals surface area contributed by atoms with Gasteiger partial charge in [-0.3, -0.25) is 14.4 Å². The van der Waals surface area contributed by atoms with Crippen LogP contribution >= 0.6 is 0 Å². The van der Waals surface area contributed by atoms with Gasteiger partial charge >= 0.3 is 5.97 Å². The van der Waals surface area contributed by atoms with Crippen LogP contribution in [0.1, 0.15) is 39.1 Å². The fourth-order valence-corrected chi connectivity index (χ4v) is 2.74. The first-order valence-electron chi connectivity index (χ1n) is 8.45. The number of carboxylic acids is 1. The largest absolute Gasteiger partial charge is 0.480 e. The molecular formula is C20H20N2O4. The van der Waals surface area contributed by atoms with E-state index in [1.54, 1.807) is 42.5 Å². The molecule has 0 heterocycles. The van der Waals surface area contributed by atoms with E-state index in [9.17, 15) is 14.4 Å². The van der Waals surface area contributed by atoms with Crippen molar-refractivity contribution < 1.29 is 19.5 Å². The molecule has 26 heavy (non-hydrogen) atoms. The number of hydrogen-bond donors (Lipinski definition) is 2. The minimum Gasteiger partial charge on any atom is -0.480 e. The first-order chi connectivity index (χ1) is 12.5. The van der Waals surface area contributed by atoms with Crippen molar-refractivity contribution in [2.24, 2.45) is 0 Å². The standard InChI is InChI=1S/C20H20N2O4/c1-13-7-8-15(20(26)22(12-18(23)24)16-9-10-16)11-17(13)21-19(25)14-5-3-2-4-6-14/h2-8,11,16H,9-10,12H2,1H3,(H,21,25)(H,23,24). The number of carbonyl (C=O) groups excluding carboxylic acids is 2. The maximum atomic E-state index is 12.7. The summed E-state index contributed by atoms with van der Waals surface area (Å²) in [6.45, 7) is 1.52. The van der Waals surface area contributed by atoms with E-state index in [2.05, 4.69) is 5.32 Å². The SMILES string of the molecule is Cc1ccc(C(=O)N(CC(=O)O)C2CC2)cc1NC(=O)c1ccccc1. The molecule has 2 amide bonds. The lowest BCUT2D eigenvalue weighted by Gasteiger charge is -2.21. The molecule has 0 atom stereocenters. The Labute approximate surface area is 151 Å². The van der Waals surface area contributed by atoms with E-state index in [0.29, 0.717) is 16.8 Å². The third kappa shape index (κ3) is 4.08. The van der Waals surface area contributed by atoms with Crippen LogP contribution in [-0.4, -0.2) is 40.4 Å². The van der Waals surface area contributed by atoms with Crippen molar-refractivity contribution in [1.82, 2.24) is 4.90 Å². The van der Waals surface area contributed by atoms with E-state index in [1.807, 2.05) is 13.0 Å². The molecular weight excluding hydrogens is 332 g/mol. The summed E-state index contributed by atoms with van der Waals surface area (Å²) in [7, 11) is 0. The normalized spacial score (nSPS) is 13.1. The van der Waals surface area contributed by atoms with Gasteiger partial charge in [-0.05, 0) is 49.6 Å². The molecule has 0 aliphatic heterocycles. The maximum Gasteiger partial charge on any atom is 0.323 e. The number of nitrogens with one attached hydrogen (secondary N) is 1. The van der Waals surface area contributed by atoms with Gasteiger partial charge in [-0.1, -0.05) is 24.3 Å². The Bertz CT molecular complexity index is 844.